The lowest BCUT2D eigenvalue weighted by Gasteiger charge is -2.20. The first-order valence-electron chi connectivity index (χ1n) is 6.86. The molecular weight excluding hydrogens is 284 g/mol. The smallest absolute Gasteiger partial charge is 0.275 e. The largest absolute Gasteiger partial charge is 0.293 e. The van der Waals surface area contributed by atoms with Crippen LogP contribution in [-0.2, 0) is 13.1 Å². The monoisotopic (exact) mass is 304 g/mol. The summed E-state index contributed by atoms with van der Waals surface area (Å²) >= 11 is 1.41. The summed E-state index contributed by atoms with van der Waals surface area (Å²) in [5.74, 6) is 4.99. The number of amides is 1. The molecule has 2 aromatic rings. The highest BCUT2D eigenvalue weighted by Crippen LogP contribution is 2.19. The van der Waals surface area contributed by atoms with Crippen molar-refractivity contribution in [2.45, 2.75) is 26.9 Å². The minimum Gasteiger partial charge on any atom is -0.293 e. The molecule has 5 nitrogen and oxygen atoms in total. The van der Waals surface area contributed by atoms with Gasteiger partial charge in [-0.3, -0.25) is 20.1 Å². The van der Waals surface area contributed by atoms with Crippen LogP contribution in [0.1, 0.15) is 33.5 Å². The Morgan fingerprint density at radius 2 is 2.19 bits per heavy atom. The maximum atomic E-state index is 11.7. The number of hydrogen-bond donors (Lipinski definition) is 2. The van der Waals surface area contributed by atoms with Gasteiger partial charge in [-0.05, 0) is 42.6 Å². The Balaban J connectivity index is 2.09. The molecule has 0 aliphatic carbocycles. The molecule has 2 heterocycles. The minimum atomic E-state index is -0.232. The Morgan fingerprint density at radius 3 is 2.86 bits per heavy atom. The van der Waals surface area contributed by atoms with Gasteiger partial charge in [0.2, 0.25) is 0 Å². The van der Waals surface area contributed by atoms with E-state index in [-0.39, 0.29) is 5.91 Å². The van der Waals surface area contributed by atoms with Gasteiger partial charge in [0, 0.05) is 18.8 Å². The van der Waals surface area contributed by atoms with Crippen LogP contribution in [0.5, 0.6) is 0 Å². The molecule has 0 aliphatic heterocycles. The van der Waals surface area contributed by atoms with Gasteiger partial charge < -0.3 is 0 Å². The number of nitrogens with two attached hydrogens (primary N) is 1. The van der Waals surface area contributed by atoms with E-state index in [0.29, 0.717) is 11.4 Å². The molecule has 2 aromatic heterocycles. The number of aryl methyl sites for hydroxylation is 1. The summed E-state index contributed by atoms with van der Waals surface area (Å²) in [5, 5.41) is 1.92. The normalized spacial score (nSPS) is 10.9. The van der Waals surface area contributed by atoms with Crippen molar-refractivity contribution in [1.82, 2.24) is 15.3 Å². The maximum absolute atomic E-state index is 11.7. The van der Waals surface area contributed by atoms with Crippen molar-refractivity contribution >= 4 is 17.2 Å². The predicted octanol–water partition coefficient (Wildman–Crippen LogP) is 2.08. The Morgan fingerprint density at radius 1 is 1.38 bits per heavy atom. The standard InChI is InChI=1S/C15H20N4OS/c1-3-19(10-13-6-4-5-11(2)17-13)9-12-7-8-21-14(12)15(20)18-16/h4-8H,3,9-10,16H2,1-2H3,(H,18,20). The molecule has 0 spiro atoms. The van der Waals surface area contributed by atoms with E-state index >= 15 is 0 Å². The molecule has 0 unspecified atom stereocenters. The predicted molar refractivity (Wildman–Crippen MR) is 84.7 cm³/mol. The zero-order valence-electron chi connectivity index (χ0n) is 12.3. The third-order valence-electron chi connectivity index (χ3n) is 3.26. The third-order valence-corrected chi connectivity index (χ3v) is 4.21. The number of thiophene rings is 1. The van der Waals surface area contributed by atoms with Crippen molar-refractivity contribution in [3.05, 3.63) is 51.5 Å². The fourth-order valence-electron chi connectivity index (χ4n) is 2.16. The van der Waals surface area contributed by atoms with Crippen LogP contribution in [0.2, 0.25) is 0 Å². The van der Waals surface area contributed by atoms with Gasteiger partial charge in [0.25, 0.3) is 5.91 Å². The number of hydrazine groups is 1. The van der Waals surface area contributed by atoms with Crippen LogP contribution in [-0.4, -0.2) is 22.3 Å². The highest BCUT2D eigenvalue weighted by atomic mass is 32.1. The summed E-state index contributed by atoms with van der Waals surface area (Å²) < 4.78 is 0. The first kappa shape index (κ1) is 15.6. The highest BCUT2D eigenvalue weighted by Gasteiger charge is 2.15. The van der Waals surface area contributed by atoms with E-state index in [1.807, 2.05) is 36.6 Å². The van der Waals surface area contributed by atoms with Crippen LogP contribution < -0.4 is 11.3 Å². The zero-order valence-corrected chi connectivity index (χ0v) is 13.1. The van der Waals surface area contributed by atoms with E-state index in [1.165, 1.54) is 11.3 Å². The van der Waals surface area contributed by atoms with Gasteiger partial charge in [-0.2, -0.15) is 0 Å². The van der Waals surface area contributed by atoms with Crippen molar-refractivity contribution < 1.29 is 4.79 Å². The summed E-state index contributed by atoms with van der Waals surface area (Å²) in [5.41, 5.74) is 5.25. The van der Waals surface area contributed by atoms with Crippen LogP contribution in [0.3, 0.4) is 0 Å². The van der Waals surface area contributed by atoms with Crippen molar-refractivity contribution in [1.29, 1.82) is 0 Å². The van der Waals surface area contributed by atoms with Crippen molar-refractivity contribution in [3.8, 4) is 0 Å². The molecule has 1 amide bonds. The molecule has 112 valence electrons. The number of nitrogen functional groups attached to an aromatic ring is 1. The van der Waals surface area contributed by atoms with E-state index in [0.717, 1.165) is 30.0 Å². The minimum absolute atomic E-state index is 0.232. The average molecular weight is 304 g/mol. The van der Waals surface area contributed by atoms with Crippen LogP contribution in [0.25, 0.3) is 0 Å². The van der Waals surface area contributed by atoms with E-state index in [1.54, 1.807) is 0 Å². The number of pyridine rings is 1. The molecule has 3 N–H and O–H groups in total. The van der Waals surface area contributed by atoms with Gasteiger partial charge in [0.05, 0.1) is 10.6 Å². The van der Waals surface area contributed by atoms with Gasteiger partial charge in [0.15, 0.2) is 0 Å². The fraction of sp³-hybridized carbons (Fsp3) is 0.333. The van der Waals surface area contributed by atoms with Gasteiger partial charge in [-0.15, -0.1) is 11.3 Å². The summed E-state index contributed by atoms with van der Waals surface area (Å²) in [4.78, 5) is 19.2. The zero-order chi connectivity index (χ0) is 15.2. The van der Waals surface area contributed by atoms with E-state index in [2.05, 4.69) is 22.2 Å². The second-order valence-electron chi connectivity index (χ2n) is 4.82. The molecule has 0 saturated heterocycles. The van der Waals surface area contributed by atoms with Gasteiger partial charge in [-0.25, -0.2) is 5.84 Å². The molecule has 0 aromatic carbocycles. The summed E-state index contributed by atoms with van der Waals surface area (Å²) in [7, 11) is 0. The molecule has 6 heteroatoms. The Bertz CT molecular complexity index is 611. The molecule has 0 fully saturated rings. The lowest BCUT2D eigenvalue weighted by atomic mass is 10.2. The molecule has 2 rings (SSSR count). The van der Waals surface area contributed by atoms with Gasteiger partial charge in [0.1, 0.15) is 0 Å². The van der Waals surface area contributed by atoms with Crippen LogP contribution in [0, 0.1) is 6.92 Å². The molecule has 0 bridgehead atoms. The first-order valence-corrected chi connectivity index (χ1v) is 7.74. The van der Waals surface area contributed by atoms with Gasteiger partial charge >= 0.3 is 0 Å². The number of carbonyl (C=O) groups excluding carboxylic acids is 1. The van der Waals surface area contributed by atoms with Crippen LogP contribution in [0.15, 0.2) is 29.6 Å². The number of aromatic nitrogens is 1. The number of rotatable bonds is 6. The quantitative estimate of drug-likeness (QED) is 0.487. The van der Waals surface area contributed by atoms with Crippen LogP contribution in [0.4, 0.5) is 0 Å². The molecule has 0 saturated carbocycles. The second kappa shape index (κ2) is 7.31. The summed E-state index contributed by atoms with van der Waals surface area (Å²) in [6.45, 7) is 6.44. The molecular formula is C15H20N4OS. The number of hydrogen-bond acceptors (Lipinski definition) is 5. The highest BCUT2D eigenvalue weighted by molar-refractivity contribution is 7.12. The summed E-state index contributed by atoms with van der Waals surface area (Å²) in [6, 6.07) is 8.00. The summed E-state index contributed by atoms with van der Waals surface area (Å²) in [6.07, 6.45) is 0. The molecule has 0 atom stereocenters. The lowest BCUT2D eigenvalue weighted by molar-refractivity contribution is 0.0956. The topological polar surface area (TPSA) is 71.2 Å². The molecule has 21 heavy (non-hydrogen) atoms. The van der Waals surface area contributed by atoms with E-state index in [4.69, 9.17) is 5.84 Å². The number of carbonyl (C=O) groups is 1. The Labute approximate surface area is 128 Å². The molecule has 0 radical (unpaired) electrons. The third kappa shape index (κ3) is 4.10. The Hall–Kier alpha value is -1.76. The average Bonchev–Trinajstić information content (AvgIpc) is 2.94. The molecule has 0 aliphatic rings. The Kier molecular flexibility index (Phi) is 5.44. The van der Waals surface area contributed by atoms with E-state index < -0.39 is 0 Å². The maximum Gasteiger partial charge on any atom is 0.275 e. The second-order valence-corrected chi connectivity index (χ2v) is 5.74. The van der Waals surface area contributed by atoms with Gasteiger partial charge in [-0.1, -0.05) is 13.0 Å². The van der Waals surface area contributed by atoms with Crippen molar-refractivity contribution in [2.75, 3.05) is 6.54 Å². The number of nitrogens with one attached hydrogen (secondary N) is 1. The number of nitrogens with zero attached hydrogens (tertiary/aromatic N) is 2. The first-order chi connectivity index (χ1) is 10.1. The van der Waals surface area contributed by atoms with Crippen molar-refractivity contribution in [2.24, 2.45) is 5.84 Å². The van der Waals surface area contributed by atoms with Crippen molar-refractivity contribution in [3.63, 3.8) is 0 Å². The van der Waals surface area contributed by atoms with E-state index in [9.17, 15) is 4.79 Å². The lowest BCUT2D eigenvalue weighted by Crippen LogP contribution is -2.31. The fourth-order valence-corrected chi connectivity index (χ4v) is 2.98. The van der Waals surface area contributed by atoms with Crippen LogP contribution >= 0.6 is 11.3 Å². The SMILES string of the molecule is CCN(Cc1cccc(C)n1)Cc1ccsc1C(=O)NN.